The third-order valence-electron chi connectivity index (χ3n) is 6.10. The Hall–Kier alpha value is -3.96. The fourth-order valence-electron chi connectivity index (χ4n) is 4.17. The van der Waals surface area contributed by atoms with Crippen molar-refractivity contribution in [3.8, 4) is 0 Å². The Balaban J connectivity index is 1.74. The van der Waals surface area contributed by atoms with E-state index >= 15 is 0 Å². The van der Waals surface area contributed by atoms with Crippen LogP contribution in [-0.4, -0.2) is 22.7 Å². The average molecular weight is 556 g/mol. The average Bonchev–Trinajstić information content (AvgIpc) is 2.88. The molecule has 1 aliphatic carbocycles. The number of aryl methyl sites for hydroxylation is 1. The molecule has 0 bridgehead atoms. The van der Waals surface area contributed by atoms with Gasteiger partial charge in [-0.3, -0.25) is 14.8 Å². The molecule has 13 heteroatoms. The maximum atomic E-state index is 13.2. The normalized spacial score (nSPS) is 14.5. The van der Waals surface area contributed by atoms with Crippen molar-refractivity contribution in [2.24, 2.45) is 0 Å². The van der Waals surface area contributed by atoms with Crippen molar-refractivity contribution in [2.75, 3.05) is 5.32 Å². The summed E-state index contributed by atoms with van der Waals surface area (Å²) in [5.41, 5.74) is -0.361. The quantitative estimate of drug-likeness (QED) is 0.0537. The van der Waals surface area contributed by atoms with Crippen molar-refractivity contribution in [3.63, 3.8) is 0 Å². The van der Waals surface area contributed by atoms with E-state index in [9.17, 15) is 40.8 Å². The van der Waals surface area contributed by atoms with E-state index in [1.54, 1.807) is 6.07 Å². The molecule has 0 saturated carbocycles. The Kier molecular flexibility index (Phi) is 9.31. The number of nitrogens with zero attached hydrogens (tertiary/aromatic N) is 1. The van der Waals surface area contributed by atoms with Crippen molar-refractivity contribution in [1.82, 2.24) is 10.3 Å². The number of amidine groups is 1. The summed E-state index contributed by atoms with van der Waals surface area (Å²) in [6.45, 7) is 0. The molecule has 0 saturated heterocycles. The van der Waals surface area contributed by atoms with Gasteiger partial charge in [0.2, 0.25) is 5.91 Å². The first-order chi connectivity index (χ1) is 18.3. The molecule has 0 aromatic heterocycles. The smallest absolute Gasteiger partial charge is 0.289 e. The van der Waals surface area contributed by atoms with Crippen LogP contribution in [0, 0.1) is 4.91 Å². The number of nitrogens with one attached hydrogen (secondary N) is 2. The molecular formula is C26H24F6N3O4+. The number of allylic oxidation sites excluding steroid dienone is 1. The number of Topliss-reactive ketones (excluding diaryl/α,β-unsaturated/α-hetero) is 1. The first kappa shape index (κ1) is 29.6. The predicted octanol–water partition coefficient (Wildman–Crippen LogP) is 6.04. The maximum Gasteiger partial charge on any atom is 0.416 e. The SMILES string of the molecule is O=[N+]=C(CCCCCC(=O)NO)Nc1ccc2c(c1)CC/C(=C\c1cc(C(F)(F)F)cc(C(F)(F)F)c1)C2=O. The lowest BCUT2D eigenvalue weighted by atomic mass is 9.85. The van der Waals surface area contributed by atoms with Crippen LogP contribution >= 0.6 is 0 Å². The number of rotatable bonds is 8. The highest BCUT2D eigenvalue weighted by atomic mass is 19.4. The fraction of sp³-hybridized carbons (Fsp3) is 0.346. The summed E-state index contributed by atoms with van der Waals surface area (Å²) in [7, 11) is 0. The Labute approximate surface area is 218 Å². The number of halogens is 6. The van der Waals surface area contributed by atoms with E-state index in [0.29, 0.717) is 55.5 Å². The van der Waals surface area contributed by atoms with Gasteiger partial charge in [0.05, 0.1) is 22.4 Å². The number of unbranched alkanes of at least 4 members (excludes halogenated alkanes) is 2. The zero-order chi connectivity index (χ0) is 28.8. The number of anilines is 1. The number of hydroxylamine groups is 1. The molecular weight excluding hydrogens is 532 g/mol. The number of hydrogen-bond acceptors (Lipinski definition) is 4. The van der Waals surface area contributed by atoms with Gasteiger partial charge in [-0.25, -0.2) is 10.8 Å². The lowest BCUT2D eigenvalue weighted by Crippen LogP contribution is -2.18. The topological polar surface area (TPSA) is 110 Å². The standard InChI is InChI=1S/C26H23F6N3O4/c27-25(28,29)18-11-15(12-19(14-18)26(30,31)32)10-17-7-6-16-13-20(8-9-21(16)24(17)37)33-22(34-38)4-2-1-3-5-23(36)35-39/h8-14H,1-7H2,(H2,33,34,35,36,37,38,39)/p+1/b17-10+. The minimum Gasteiger partial charge on any atom is -0.289 e. The Morgan fingerprint density at radius 1 is 0.923 bits per heavy atom. The summed E-state index contributed by atoms with van der Waals surface area (Å²) in [5, 5.41) is 11.3. The van der Waals surface area contributed by atoms with Crippen LogP contribution in [-0.2, 0) is 23.6 Å². The molecule has 0 heterocycles. The molecule has 1 aliphatic rings. The molecule has 2 aromatic rings. The van der Waals surface area contributed by atoms with Gasteiger partial charge in [0.1, 0.15) is 5.69 Å². The Morgan fingerprint density at radius 3 is 2.15 bits per heavy atom. The lowest BCUT2D eigenvalue weighted by Gasteiger charge is -2.18. The number of hydrogen-bond donors (Lipinski definition) is 3. The first-order valence-electron chi connectivity index (χ1n) is 11.9. The summed E-state index contributed by atoms with van der Waals surface area (Å²) in [4.78, 5) is 38.2. The molecule has 3 rings (SSSR count). The monoisotopic (exact) mass is 556 g/mol. The minimum atomic E-state index is -5.00. The minimum absolute atomic E-state index is 0.0315. The van der Waals surface area contributed by atoms with Crippen LogP contribution in [0.2, 0.25) is 0 Å². The molecule has 0 radical (unpaired) electrons. The number of amides is 1. The summed E-state index contributed by atoms with van der Waals surface area (Å²) in [5.74, 6) is -0.888. The van der Waals surface area contributed by atoms with Crippen LogP contribution in [0.3, 0.4) is 0 Å². The van der Waals surface area contributed by atoms with Gasteiger partial charge in [-0.05, 0) is 79.3 Å². The van der Waals surface area contributed by atoms with Crippen LogP contribution in [0.25, 0.3) is 6.08 Å². The molecule has 0 atom stereocenters. The number of benzene rings is 2. The Morgan fingerprint density at radius 2 is 1.56 bits per heavy atom. The third kappa shape index (κ3) is 8.01. The van der Waals surface area contributed by atoms with Gasteiger partial charge in [-0.1, -0.05) is 6.42 Å². The van der Waals surface area contributed by atoms with Crippen molar-refractivity contribution >= 4 is 29.3 Å². The molecule has 3 N–H and O–H groups in total. The van der Waals surface area contributed by atoms with Gasteiger partial charge in [-0.2, -0.15) is 26.3 Å². The van der Waals surface area contributed by atoms with Crippen LogP contribution in [0.5, 0.6) is 0 Å². The van der Waals surface area contributed by atoms with E-state index in [-0.39, 0.29) is 41.4 Å². The second kappa shape index (κ2) is 12.3. The van der Waals surface area contributed by atoms with E-state index in [4.69, 9.17) is 5.21 Å². The van der Waals surface area contributed by atoms with Crippen LogP contribution in [0.4, 0.5) is 32.0 Å². The number of fused-ring (bicyclic) bond motifs is 1. The molecule has 1 amide bonds. The van der Waals surface area contributed by atoms with Crippen LogP contribution in [0.1, 0.15) is 71.1 Å². The molecule has 0 aliphatic heterocycles. The molecule has 2 aromatic carbocycles. The van der Waals surface area contributed by atoms with Crippen molar-refractivity contribution in [1.29, 1.82) is 0 Å². The van der Waals surface area contributed by atoms with Gasteiger partial charge in [0, 0.05) is 22.5 Å². The van der Waals surface area contributed by atoms with Gasteiger partial charge >= 0.3 is 18.2 Å². The summed E-state index contributed by atoms with van der Waals surface area (Å²) in [6, 6.07) is 5.79. The van der Waals surface area contributed by atoms with Gasteiger partial charge < -0.3 is 0 Å². The number of nitroso groups, excluding NO2 is 1. The summed E-state index contributed by atoms with van der Waals surface area (Å²) < 4.78 is 79.1. The van der Waals surface area contributed by atoms with E-state index in [1.165, 1.54) is 17.6 Å². The molecule has 208 valence electrons. The highest BCUT2D eigenvalue weighted by Crippen LogP contribution is 2.37. The highest BCUT2D eigenvalue weighted by Gasteiger charge is 2.37. The zero-order valence-electron chi connectivity index (χ0n) is 20.4. The second-order valence-electron chi connectivity index (χ2n) is 8.97. The van der Waals surface area contributed by atoms with Crippen molar-refractivity contribution in [3.05, 3.63) is 74.7 Å². The van der Waals surface area contributed by atoms with Gasteiger partial charge in [0.25, 0.3) is 0 Å². The van der Waals surface area contributed by atoms with Crippen molar-refractivity contribution in [2.45, 2.75) is 57.3 Å². The second-order valence-corrected chi connectivity index (χ2v) is 8.97. The van der Waals surface area contributed by atoms with E-state index in [0.717, 1.165) is 6.08 Å². The molecule has 0 unspecified atom stereocenters. The molecule has 39 heavy (non-hydrogen) atoms. The van der Waals surface area contributed by atoms with Crippen LogP contribution < -0.4 is 15.6 Å². The highest BCUT2D eigenvalue weighted by molar-refractivity contribution is 6.13. The van der Waals surface area contributed by atoms with E-state index in [1.807, 2.05) is 0 Å². The predicted molar refractivity (Wildman–Crippen MR) is 131 cm³/mol. The van der Waals surface area contributed by atoms with E-state index < -0.39 is 35.2 Å². The first-order valence-corrected chi connectivity index (χ1v) is 11.9. The van der Waals surface area contributed by atoms with Gasteiger partial charge in [0.15, 0.2) is 5.78 Å². The van der Waals surface area contributed by atoms with Gasteiger partial charge in [-0.15, -0.1) is 0 Å². The van der Waals surface area contributed by atoms with E-state index in [2.05, 4.69) is 10.2 Å². The largest absolute Gasteiger partial charge is 0.416 e. The molecule has 0 spiro atoms. The number of ketones is 1. The zero-order valence-corrected chi connectivity index (χ0v) is 20.4. The van der Waals surface area contributed by atoms with Crippen LogP contribution in [0.15, 0.2) is 42.0 Å². The fourth-order valence-corrected chi connectivity index (χ4v) is 4.17. The molecule has 0 fully saturated rings. The Bertz CT molecular complexity index is 1300. The number of alkyl halides is 6. The number of carbonyl (C=O) groups excluding carboxylic acids is 2. The summed E-state index contributed by atoms with van der Waals surface area (Å²) in [6.07, 6.45) is -6.45. The lowest BCUT2D eigenvalue weighted by molar-refractivity contribution is -0.143. The molecule has 7 nitrogen and oxygen atoms in total. The third-order valence-corrected chi connectivity index (χ3v) is 6.10. The summed E-state index contributed by atoms with van der Waals surface area (Å²) >= 11 is 0. The van der Waals surface area contributed by atoms with Crippen molar-refractivity contribution < 1.29 is 41.1 Å². The maximum absolute atomic E-state index is 13.2. The number of carbonyl (C=O) groups is 2.